The minimum atomic E-state index is 0.0507. The number of hydrogen-bond donors (Lipinski definition) is 2. The molecule has 1 atom stereocenters. The summed E-state index contributed by atoms with van der Waals surface area (Å²) in [6, 6.07) is 9.98. The lowest BCUT2D eigenvalue weighted by molar-refractivity contribution is -0.121. The molecule has 0 bridgehead atoms. The third-order valence-corrected chi connectivity index (χ3v) is 3.67. The number of para-hydroxylation sites is 1. The van der Waals surface area contributed by atoms with Crippen molar-refractivity contribution in [3.05, 3.63) is 53.6 Å². The fraction of sp³-hybridized carbons (Fsp3) is 0.312. The molecule has 0 saturated carbocycles. The number of hydrogen-bond acceptors (Lipinski definition) is 4. The number of nitrogens with zero attached hydrogens (tertiary/aromatic N) is 2. The Hall–Kier alpha value is -2.43. The SMILES string of the molecule is Cc1nccc(CNC(=O)CC2CNc3ccccc32)n1. The van der Waals surface area contributed by atoms with Gasteiger partial charge in [0.05, 0.1) is 12.2 Å². The predicted molar refractivity (Wildman–Crippen MR) is 80.9 cm³/mol. The van der Waals surface area contributed by atoms with E-state index in [4.69, 9.17) is 0 Å². The number of benzene rings is 1. The summed E-state index contributed by atoms with van der Waals surface area (Å²) >= 11 is 0. The van der Waals surface area contributed by atoms with E-state index < -0.39 is 0 Å². The molecule has 1 aliphatic rings. The van der Waals surface area contributed by atoms with Crippen LogP contribution < -0.4 is 10.6 Å². The highest BCUT2D eigenvalue weighted by Crippen LogP contribution is 2.32. The van der Waals surface area contributed by atoms with Crippen LogP contribution in [0.15, 0.2) is 36.5 Å². The molecule has 108 valence electrons. The predicted octanol–water partition coefficient (Wildman–Crippen LogP) is 2.00. The summed E-state index contributed by atoms with van der Waals surface area (Å²) in [4.78, 5) is 20.4. The van der Waals surface area contributed by atoms with Gasteiger partial charge in [0.1, 0.15) is 5.82 Å². The fourth-order valence-corrected chi connectivity index (χ4v) is 2.63. The highest BCUT2D eigenvalue weighted by molar-refractivity contribution is 5.78. The van der Waals surface area contributed by atoms with Crippen LogP contribution in [0.2, 0.25) is 0 Å². The number of aryl methyl sites for hydroxylation is 1. The van der Waals surface area contributed by atoms with Gasteiger partial charge in [-0.05, 0) is 24.6 Å². The second-order valence-electron chi connectivity index (χ2n) is 5.24. The first kappa shape index (κ1) is 13.5. The summed E-state index contributed by atoms with van der Waals surface area (Å²) in [5.74, 6) is 1.01. The van der Waals surface area contributed by atoms with Gasteiger partial charge in [-0.25, -0.2) is 9.97 Å². The Morgan fingerprint density at radius 3 is 3.10 bits per heavy atom. The average molecular weight is 282 g/mol. The fourth-order valence-electron chi connectivity index (χ4n) is 2.63. The molecule has 2 aromatic rings. The van der Waals surface area contributed by atoms with Gasteiger partial charge in [-0.15, -0.1) is 0 Å². The van der Waals surface area contributed by atoms with Crippen LogP contribution in [-0.4, -0.2) is 22.4 Å². The molecule has 0 radical (unpaired) electrons. The molecule has 2 N–H and O–H groups in total. The second kappa shape index (κ2) is 5.91. The van der Waals surface area contributed by atoms with Gasteiger partial charge in [-0.3, -0.25) is 4.79 Å². The van der Waals surface area contributed by atoms with E-state index in [1.807, 2.05) is 25.1 Å². The molecule has 0 aliphatic carbocycles. The number of aromatic nitrogens is 2. The molecule has 21 heavy (non-hydrogen) atoms. The number of carbonyl (C=O) groups excluding carboxylic acids is 1. The lowest BCUT2D eigenvalue weighted by atomic mass is 9.97. The van der Waals surface area contributed by atoms with E-state index in [-0.39, 0.29) is 11.8 Å². The number of fused-ring (bicyclic) bond motifs is 1. The number of nitrogens with one attached hydrogen (secondary N) is 2. The summed E-state index contributed by atoms with van der Waals surface area (Å²) < 4.78 is 0. The van der Waals surface area contributed by atoms with Crippen LogP contribution in [0.3, 0.4) is 0 Å². The molecular weight excluding hydrogens is 264 g/mol. The minimum Gasteiger partial charge on any atom is -0.384 e. The summed E-state index contributed by atoms with van der Waals surface area (Å²) in [6.07, 6.45) is 2.20. The first-order valence-electron chi connectivity index (χ1n) is 7.10. The third-order valence-electron chi connectivity index (χ3n) is 3.67. The third kappa shape index (κ3) is 3.18. The van der Waals surface area contributed by atoms with Gasteiger partial charge in [-0.2, -0.15) is 0 Å². The van der Waals surface area contributed by atoms with Crippen LogP contribution in [0.25, 0.3) is 0 Å². The van der Waals surface area contributed by atoms with Crippen molar-refractivity contribution in [2.45, 2.75) is 25.8 Å². The maximum absolute atomic E-state index is 12.1. The van der Waals surface area contributed by atoms with Crippen molar-refractivity contribution in [1.29, 1.82) is 0 Å². The van der Waals surface area contributed by atoms with Crippen LogP contribution in [0.4, 0.5) is 5.69 Å². The zero-order valence-electron chi connectivity index (χ0n) is 12.0. The van der Waals surface area contributed by atoms with Gasteiger partial charge in [0.25, 0.3) is 0 Å². The summed E-state index contributed by atoms with van der Waals surface area (Å²) in [7, 11) is 0. The zero-order chi connectivity index (χ0) is 14.7. The molecular formula is C16H18N4O. The molecule has 1 aliphatic heterocycles. The van der Waals surface area contributed by atoms with Gasteiger partial charge < -0.3 is 10.6 Å². The second-order valence-corrected chi connectivity index (χ2v) is 5.24. The van der Waals surface area contributed by atoms with Crippen molar-refractivity contribution in [2.75, 3.05) is 11.9 Å². The first-order valence-corrected chi connectivity index (χ1v) is 7.10. The van der Waals surface area contributed by atoms with Crippen molar-refractivity contribution in [2.24, 2.45) is 0 Å². The Bertz CT molecular complexity index is 656. The van der Waals surface area contributed by atoms with E-state index in [0.29, 0.717) is 13.0 Å². The van der Waals surface area contributed by atoms with Gasteiger partial charge in [0, 0.05) is 30.8 Å². The van der Waals surface area contributed by atoms with Crippen molar-refractivity contribution < 1.29 is 4.79 Å². The number of carbonyl (C=O) groups is 1. The van der Waals surface area contributed by atoms with Gasteiger partial charge in [0.2, 0.25) is 5.91 Å². The van der Waals surface area contributed by atoms with E-state index in [1.165, 1.54) is 5.56 Å². The molecule has 1 unspecified atom stereocenters. The number of rotatable bonds is 4. The van der Waals surface area contributed by atoms with Gasteiger partial charge in [0.15, 0.2) is 0 Å². The molecule has 0 fully saturated rings. The van der Waals surface area contributed by atoms with Crippen molar-refractivity contribution >= 4 is 11.6 Å². The van der Waals surface area contributed by atoms with E-state index in [1.54, 1.807) is 6.20 Å². The average Bonchev–Trinajstić information content (AvgIpc) is 2.89. The molecule has 1 amide bonds. The summed E-state index contributed by atoms with van der Waals surface area (Å²) in [6.45, 7) is 3.11. The van der Waals surface area contributed by atoms with Crippen molar-refractivity contribution in [3.8, 4) is 0 Å². The minimum absolute atomic E-state index is 0.0507. The Labute approximate surface area is 123 Å². The maximum Gasteiger partial charge on any atom is 0.221 e. The van der Waals surface area contributed by atoms with Crippen LogP contribution in [0, 0.1) is 6.92 Å². The number of amides is 1. The van der Waals surface area contributed by atoms with Crippen LogP contribution in [0.1, 0.15) is 29.4 Å². The Morgan fingerprint density at radius 2 is 2.24 bits per heavy atom. The molecule has 3 rings (SSSR count). The van der Waals surface area contributed by atoms with E-state index in [2.05, 4.69) is 32.7 Å². The molecule has 0 spiro atoms. The van der Waals surface area contributed by atoms with Crippen LogP contribution in [-0.2, 0) is 11.3 Å². The molecule has 1 aromatic carbocycles. The van der Waals surface area contributed by atoms with Crippen LogP contribution in [0.5, 0.6) is 0 Å². The zero-order valence-corrected chi connectivity index (χ0v) is 12.0. The lowest BCUT2D eigenvalue weighted by Crippen LogP contribution is -2.25. The molecule has 2 heterocycles. The van der Waals surface area contributed by atoms with E-state index in [9.17, 15) is 4.79 Å². The smallest absolute Gasteiger partial charge is 0.221 e. The molecule has 5 nitrogen and oxygen atoms in total. The molecule has 5 heteroatoms. The highest BCUT2D eigenvalue weighted by atomic mass is 16.1. The van der Waals surface area contributed by atoms with E-state index in [0.717, 1.165) is 23.8 Å². The standard InChI is InChI=1S/C16H18N4O/c1-11-17-7-6-13(20-11)10-19-16(21)8-12-9-18-15-5-3-2-4-14(12)15/h2-7,12,18H,8-10H2,1H3,(H,19,21). The Morgan fingerprint density at radius 1 is 1.38 bits per heavy atom. The summed E-state index contributed by atoms with van der Waals surface area (Å²) in [5, 5.41) is 6.26. The Kier molecular flexibility index (Phi) is 3.81. The normalized spacial score (nSPS) is 16.1. The topological polar surface area (TPSA) is 66.9 Å². The largest absolute Gasteiger partial charge is 0.384 e. The lowest BCUT2D eigenvalue weighted by Gasteiger charge is -2.10. The van der Waals surface area contributed by atoms with E-state index >= 15 is 0 Å². The number of anilines is 1. The first-order chi connectivity index (χ1) is 10.2. The van der Waals surface area contributed by atoms with Gasteiger partial charge >= 0.3 is 0 Å². The monoisotopic (exact) mass is 282 g/mol. The molecule has 0 saturated heterocycles. The quantitative estimate of drug-likeness (QED) is 0.900. The van der Waals surface area contributed by atoms with Crippen molar-refractivity contribution in [1.82, 2.24) is 15.3 Å². The highest BCUT2D eigenvalue weighted by Gasteiger charge is 2.23. The van der Waals surface area contributed by atoms with Crippen molar-refractivity contribution in [3.63, 3.8) is 0 Å². The Balaban J connectivity index is 1.56. The van der Waals surface area contributed by atoms with Crippen LogP contribution >= 0.6 is 0 Å². The maximum atomic E-state index is 12.1. The van der Waals surface area contributed by atoms with Gasteiger partial charge in [-0.1, -0.05) is 18.2 Å². The molecule has 1 aromatic heterocycles. The summed E-state index contributed by atoms with van der Waals surface area (Å²) in [5.41, 5.74) is 3.20.